The fourth-order valence-corrected chi connectivity index (χ4v) is 1.60. The Balaban J connectivity index is 2.67. The Morgan fingerprint density at radius 1 is 1.29 bits per heavy atom. The van der Waals surface area contributed by atoms with E-state index in [1.54, 1.807) is 0 Å². The highest BCUT2D eigenvalue weighted by atomic mass is 35.5. The van der Waals surface area contributed by atoms with Gasteiger partial charge in [-0.1, -0.05) is 45.0 Å². The van der Waals surface area contributed by atoms with Gasteiger partial charge in [-0.05, 0) is 23.1 Å². The molecule has 0 atom stereocenters. The summed E-state index contributed by atoms with van der Waals surface area (Å²) in [4.78, 5) is 0. The summed E-state index contributed by atoms with van der Waals surface area (Å²) in [6.07, 6.45) is 1.40. The van der Waals surface area contributed by atoms with Gasteiger partial charge in [0.25, 0.3) is 0 Å². The van der Waals surface area contributed by atoms with E-state index in [0.717, 1.165) is 0 Å². The zero-order valence-corrected chi connectivity index (χ0v) is 11.4. The molecule has 1 aromatic rings. The van der Waals surface area contributed by atoms with Crippen LogP contribution in [-0.2, 0) is 10.2 Å². The summed E-state index contributed by atoms with van der Waals surface area (Å²) < 4.78 is 10.5. The molecule has 0 aliphatic rings. The molecule has 94 valence electrons. The number of ether oxygens (including phenoxy) is 2. The van der Waals surface area contributed by atoms with E-state index in [4.69, 9.17) is 21.1 Å². The Morgan fingerprint density at radius 3 is 2.53 bits per heavy atom. The van der Waals surface area contributed by atoms with Crippen LogP contribution in [0.3, 0.4) is 0 Å². The van der Waals surface area contributed by atoms with Crippen LogP contribution < -0.4 is 4.74 Å². The van der Waals surface area contributed by atoms with Gasteiger partial charge in [-0.3, -0.25) is 0 Å². The second kappa shape index (κ2) is 5.97. The third-order valence-corrected chi connectivity index (χ3v) is 2.67. The zero-order valence-electron chi connectivity index (χ0n) is 10.6. The Bertz CT molecular complexity index is 380. The fourth-order valence-electron chi connectivity index (χ4n) is 1.37. The van der Waals surface area contributed by atoms with Crippen molar-refractivity contribution in [3.63, 3.8) is 0 Å². The lowest BCUT2D eigenvalue weighted by molar-refractivity contribution is 0.179. The summed E-state index contributed by atoms with van der Waals surface area (Å²) in [7, 11) is 0. The SMILES string of the molecule is C=COCCOc1ccc(C(C)(C)C)cc1Cl. The van der Waals surface area contributed by atoms with E-state index in [9.17, 15) is 0 Å². The van der Waals surface area contributed by atoms with Gasteiger partial charge in [-0.2, -0.15) is 0 Å². The van der Waals surface area contributed by atoms with Crippen LogP contribution in [0.1, 0.15) is 26.3 Å². The van der Waals surface area contributed by atoms with Crippen molar-refractivity contribution in [2.45, 2.75) is 26.2 Å². The molecule has 1 aromatic carbocycles. The van der Waals surface area contributed by atoms with Crippen molar-refractivity contribution in [3.8, 4) is 5.75 Å². The maximum Gasteiger partial charge on any atom is 0.138 e. The van der Waals surface area contributed by atoms with Crippen molar-refractivity contribution >= 4 is 11.6 Å². The molecule has 0 aromatic heterocycles. The third-order valence-electron chi connectivity index (χ3n) is 2.37. The van der Waals surface area contributed by atoms with Gasteiger partial charge in [0.2, 0.25) is 0 Å². The fraction of sp³-hybridized carbons (Fsp3) is 0.429. The average molecular weight is 255 g/mol. The van der Waals surface area contributed by atoms with Gasteiger partial charge in [0.15, 0.2) is 0 Å². The topological polar surface area (TPSA) is 18.5 Å². The molecule has 2 nitrogen and oxygen atoms in total. The first-order valence-electron chi connectivity index (χ1n) is 5.60. The lowest BCUT2D eigenvalue weighted by Gasteiger charge is -2.20. The van der Waals surface area contributed by atoms with Gasteiger partial charge in [0.1, 0.15) is 19.0 Å². The summed E-state index contributed by atoms with van der Waals surface area (Å²) in [6.45, 7) is 10.8. The Hall–Kier alpha value is -1.15. The van der Waals surface area contributed by atoms with Crippen LogP contribution in [0.5, 0.6) is 5.75 Å². The number of hydrogen-bond donors (Lipinski definition) is 0. The van der Waals surface area contributed by atoms with Crippen LogP contribution in [0.25, 0.3) is 0 Å². The number of hydrogen-bond acceptors (Lipinski definition) is 2. The molecule has 0 bridgehead atoms. The predicted molar refractivity (Wildman–Crippen MR) is 71.8 cm³/mol. The third kappa shape index (κ3) is 4.31. The number of halogens is 1. The molecule has 1 rings (SSSR count). The van der Waals surface area contributed by atoms with Crippen molar-refractivity contribution in [1.82, 2.24) is 0 Å². The zero-order chi connectivity index (χ0) is 12.9. The first-order valence-corrected chi connectivity index (χ1v) is 5.98. The van der Waals surface area contributed by atoms with Crippen LogP contribution in [0.15, 0.2) is 31.0 Å². The van der Waals surface area contributed by atoms with Gasteiger partial charge in [0.05, 0.1) is 11.3 Å². The summed E-state index contributed by atoms with van der Waals surface area (Å²) in [5.41, 5.74) is 1.28. The molecular weight excluding hydrogens is 236 g/mol. The Kier molecular flexibility index (Phi) is 4.88. The maximum atomic E-state index is 6.16. The van der Waals surface area contributed by atoms with Crippen molar-refractivity contribution < 1.29 is 9.47 Å². The van der Waals surface area contributed by atoms with E-state index in [0.29, 0.717) is 24.0 Å². The standard InChI is InChI=1S/C14H19ClO2/c1-5-16-8-9-17-13-7-6-11(10-12(13)15)14(2,3)4/h5-7,10H,1,8-9H2,2-4H3. The quantitative estimate of drug-likeness (QED) is 0.580. The molecule has 0 amide bonds. The smallest absolute Gasteiger partial charge is 0.138 e. The van der Waals surface area contributed by atoms with Crippen molar-refractivity contribution in [2.75, 3.05) is 13.2 Å². The van der Waals surface area contributed by atoms with Crippen LogP contribution in [0.2, 0.25) is 5.02 Å². The van der Waals surface area contributed by atoms with E-state index in [2.05, 4.69) is 27.4 Å². The molecule has 0 unspecified atom stereocenters. The molecule has 0 aliphatic carbocycles. The molecule has 0 saturated heterocycles. The van der Waals surface area contributed by atoms with Gasteiger partial charge < -0.3 is 9.47 Å². The summed E-state index contributed by atoms with van der Waals surface area (Å²) >= 11 is 6.16. The summed E-state index contributed by atoms with van der Waals surface area (Å²) in [5.74, 6) is 0.687. The first kappa shape index (κ1) is 13.9. The van der Waals surface area contributed by atoms with E-state index < -0.39 is 0 Å². The molecule has 0 saturated carbocycles. The van der Waals surface area contributed by atoms with E-state index in [-0.39, 0.29) is 5.41 Å². The van der Waals surface area contributed by atoms with Crippen LogP contribution in [-0.4, -0.2) is 13.2 Å². The molecule has 0 spiro atoms. The average Bonchev–Trinajstić information content (AvgIpc) is 2.24. The molecule has 0 N–H and O–H groups in total. The maximum absolute atomic E-state index is 6.16. The minimum atomic E-state index is 0.0914. The van der Waals surface area contributed by atoms with Crippen LogP contribution in [0.4, 0.5) is 0 Å². The Labute approximate surface area is 108 Å². The van der Waals surface area contributed by atoms with Gasteiger partial charge in [-0.25, -0.2) is 0 Å². The van der Waals surface area contributed by atoms with Crippen molar-refractivity contribution in [3.05, 3.63) is 41.6 Å². The highest BCUT2D eigenvalue weighted by Gasteiger charge is 2.15. The second-order valence-electron chi connectivity index (χ2n) is 4.78. The summed E-state index contributed by atoms with van der Waals surface area (Å²) in [5, 5.41) is 0.635. The van der Waals surface area contributed by atoms with Crippen molar-refractivity contribution in [2.24, 2.45) is 0 Å². The molecule has 17 heavy (non-hydrogen) atoms. The lowest BCUT2D eigenvalue weighted by Crippen LogP contribution is -2.11. The van der Waals surface area contributed by atoms with E-state index in [1.807, 2.05) is 18.2 Å². The molecule has 0 fully saturated rings. The highest BCUT2D eigenvalue weighted by molar-refractivity contribution is 6.32. The largest absolute Gasteiger partial charge is 0.498 e. The first-order chi connectivity index (χ1) is 7.95. The number of benzene rings is 1. The minimum Gasteiger partial charge on any atom is -0.498 e. The predicted octanol–water partition coefficient (Wildman–Crippen LogP) is 4.18. The van der Waals surface area contributed by atoms with E-state index in [1.165, 1.54) is 11.8 Å². The monoisotopic (exact) mass is 254 g/mol. The lowest BCUT2D eigenvalue weighted by atomic mass is 9.87. The molecular formula is C14H19ClO2. The molecule has 0 radical (unpaired) electrons. The summed E-state index contributed by atoms with van der Waals surface area (Å²) in [6, 6.07) is 5.89. The second-order valence-corrected chi connectivity index (χ2v) is 5.19. The van der Waals surface area contributed by atoms with Crippen LogP contribution >= 0.6 is 11.6 Å². The van der Waals surface area contributed by atoms with Crippen molar-refractivity contribution in [1.29, 1.82) is 0 Å². The molecule has 3 heteroatoms. The molecule has 0 heterocycles. The molecule has 0 aliphatic heterocycles. The van der Waals surface area contributed by atoms with Crippen LogP contribution in [0, 0.1) is 0 Å². The van der Waals surface area contributed by atoms with Gasteiger partial charge >= 0.3 is 0 Å². The normalized spacial score (nSPS) is 11.1. The van der Waals surface area contributed by atoms with E-state index >= 15 is 0 Å². The minimum absolute atomic E-state index is 0.0914. The Morgan fingerprint density at radius 2 is 2.00 bits per heavy atom. The number of rotatable bonds is 5. The highest BCUT2D eigenvalue weighted by Crippen LogP contribution is 2.31. The van der Waals surface area contributed by atoms with Gasteiger partial charge in [0, 0.05) is 0 Å². The van der Waals surface area contributed by atoms with Gasteiger partial charge in [-0.15, -0.1) is 0 Å².